The van der Waals surface area contributed by atoms with E-state index in [1.165, 1.54) is 5.39 Å². The minimum absolute atomic E-state index is 0.428. The Bertz CT molecular complexity index is 1920. The first-order valence-corrected chi connectivity index (χ1v) is 12.2. The monoisotopic (exact) mass is 479 g/mol. The number of aromatic nitrogens is 3. The van der Waals surface area contributed by atoms with Gasteiger partial charge in [-0.05, 0) is 54.0 Å². The fraction of sp³-hybridized carbons (Fsp3) is 0. The van der Waals surface area contributed by atoms with Gasteiger partial charge in [-0.2, -0.15) is 0 Å². The molecule has 2 aromatic heterocycles. The molecule has 0 saturated heterocycles. The van der Waals surface area contributed by atoms with E-state index in [2.05, 4.69) is 81.9 Å². The van der Waals surface area contributed by atoms with Crippen LogP contribution in [-0.4, -0.2) is 31.3 Å². The van der Waals surface area contributed by atoms with E-state index in [1.807, 2.05) is 36.4 Å². The summed E-state index contributed by atoms with van der Waals surface area (Å²) in [4.78, 5) is 4.95. The lowest BCUT2D eigenvalue weighted by Gasteiger charge is -2.12. The SMILES string of the molecule is OB(O)c1cccc(-c2nc3ccccc3n2-c2ccc3c(c2)c2ccccc2n3-c2ccccc2)c1. The van der Waals surface area contributed by atoms with E-state index in [0.717, 1.165) is 50.2 Å². The van der Waals surface area contributed by atoms with Crippen LogP contribution in [0.25, 0.3) is 55.6 Å². The smallest absolute Gasteiger partial charge is 0.423 e. The van der Waals surface area contributed by atoms with Crippen LogP contribution in [0.5, 0.6) is 0 Å². The molecule has 37 heavy (non-hydrogen) atoms. The van der Waals surface area contributed by atoms with Gasteiger partial charge in [-0.15, -0.1) is 0 Å². The number of hydrogen-bond donors (Lipinski definition) is 2. The van der Waals surface area contributed by atoms with Crippen LogP contribution in [0.3, 0.4) is 0 Å². The molecule has 0 aliphatic heterocycles. The van der Waals surface area contributed by atoms with Crippen molar-refractivity contribution < 1.29 is 10.0 Å². The molecule has 6 heteroatoms. The summed E-state index contributed by atoms with van der Waals surface area (Å²) in [7, 11) is -1.54. The van der Waals surface area contributed by atoms with Crippen LogP contribution in [0.4, 0.5) is 0 Å². The minimum atomic E-state index is -1.54. The van der Waals surface area contributed by atoms with Gasteiger partial charge in [0, 0.05) is 27.7 Å². The maximum absolute atomic E-state index is 9.76. The predicted octanol–water partition coefficient (Wildman–Crippen LogP) is 5.47. The van der Waals surface area contributed by atoms with Gasteiger partial charge in [-0.1, -0.05) is 72.8 Å². The lowest BCUT2D eigenvalue weighted by molar-refractivity contribution is 0.426. The topological polar surface area (TPSA) is 63.2 Å². The average molecular weight is 479 g/mol. The third-order valence-corrected chi connectivity index (χ3v) is 6.93. The summed E-state index contributed by atoms with van der Waals surface area (Å²) >= 11 is 0. The van der Waals surface area contributed by atoms with Gasteiger partial charge in [-0.3, -0.25) is 4.57 Å². The second-order valence-corrected chi connectivity index (χ2v) is 9.15. The third kappa shape index (κ3) is 3.46. The molecule has 7 rings (SSSR count). The number of para-hydroxylation sites is 4. The van der Waals surface area contributed by atoms with E-state index < -0.39 is 7.12 Å². The largest absolute Gasteiger partial charge is 0.488 e. The highest BCUT2D eigenvalue weighted by Crippen LogP contribution is 2.35. The summed E-state index contributed by atoms with van der Waals surface area (Å²) in [6.45, 7) is 0. The number of rotatable bonds is 4. The van der Waals surface area contributed by atoms with Gasteiger partial charge in [0.1, 0.15) is 5.82 Å². The molecular formula is C31H22BN3O2. The summed E-state index contributed by atoms with van der Waals surface area (Å²) < 4.78 is 4.44. The molecule has 0 bridgehead atoms. The molecule has 7 aromatic rings. The molecule has 0 spiro atoms. The summed E-state index contributed by atoms with van der Waals surface area (Å²) in [6, 6.07) is 40.7. The first kappa shape index (κ1) is 21.6. The van der Waals surface area contributed by atoms with Crippen molar-refractivity contribution in [2.24, 2.45) is 0 Å². The van der Waals surface area contributed by atoms with Crippen LogP contribution in [0.2, 0.25) is 0 Å². The number of nitrogens with zero attached hydrogens (tertiary/aromatic N) is 3. The molecule has 2 heterocycles. The average Bonchev–Trinajstić information content (AvgIpc) is 3.49. The van der Waals surface area contributed by atoms with Crippen molar-refractivity contribution in [3.63, 3.8) is 0 Å². The van der Waals surface area contributed by atoms with E-state index in [9.17, 15) is 10.0 Å². The quantitative estimate of drug-likeness (QED) is 0.329. The van der Waals surface area contributed by atoms with Crippen molar-refractivity contribution in [1.82, 2.24) is 14.1 Å². The molecule has 0 amide bonds. The molecule has 0 unspecified atom stereocenters. The molecule has 0 aliphatic rings. The van der Waals surface area contributed by atoms with E-state index in [0.29, 0.717) is 5.46 Å². The summed E-state index contributed by atoms with van der Waals surface area (Å²) in [5, 5.41) is 21.9. The van der Waals surface area contributed by atoms with Gasteiger partial charge < -0.3 is 14.6 Å². The Kier molecular flexibility index (Phi) is 4.96. The number of benzene rings is 5. The third-order valence-electron chi connectivity index (χ3n) is 6.93. The zero-order chi connectivity index (χ0) is 24.9. The van der Waals surface area contributed by atoms with Gasteiger partial charge in [0.05, 0.1) is 22.1 Å². The number of fused-ring (bicyclic) bond motifs is 4. The van der Waals surface area contributed by atoms with E-state index >= 15 is 0 Å². The Morgan fingerprint density at radius 3 is 2.11 bits per heavy atom. The Balaban J connectivity index is 1.52. The van der Waals surface area contributed by atoms with E-state index in [4.69, 9.17) is 4.98 Å². The standard InChI is InChI=1S/C31H22BN3O2/c36-32(37)22-10-8-9-21(19-22)31-33-27-14-5-7-16-30(27)35(31)24-17-18-29-26(20-24)25-13-4-6-15-28(25)34(29)23-11-2-1-3-12-23/h1-20,36-37H. The highest BCUT2D eigenvalue weighted by atomic mass is 16.4. The first-order valence-electron chi connectivity index (χ1n) is 12.2. The van der Waals surface area contributed by atoms with E-state index in [1.54, 1.807) is 12.1 Å². The van der Waals surface area contributed by atoms with Crippen molar-refractivity contribution in [3.05, 3.63) is 121 Å². The van der Waals surface area contributed by atoms with Crippen molar-refractivity contribution in [2.75, 3.05) is 0 Å². The summed E-state index contributed by atoms with van der Waals surface area (Å²) in [5.74, 6) is 0.745. The Hall–Kier alpha value is -4.65. The van der Waals surface area contributed by atoms with Gasteiger partial charge in [0.25, 0.3) is 0 Å². The van der Waals surface area contributed by atoms with Crippen LogP contribution < -0.4 is 5.46 Å². The van der Waals surface area contributed by atoms with Crippen molar-refractivity contribution >= 4 is 45.4 Å². The van der Waals surface area contributed by atoms with Gasteiger partial charge in [0.15, 0.2) is 0 Å². The number of hydrogen-bond acceptors (Lipinski definition) is 3. The highest BCUT2D eigenvalue weighted by molar-refractivity contribution is 6.58. The van der Waals surface area contributed by atoms with Crippen molar-refractivity contribution in [2.45, 2.75) is 0 Å². The normalized spacial score (nSPS) is 11.5. The second-order valence-electron chi connectivity index (χ2n) is 9.15. The van der Waals surface area contributed by atoms with Gasteiger partial charge >= 0.3 is 7.12 Å². The maximum Gasteiger partial charge on any atom is 0.488 e. The molecule has 0 atom stereocenters. The zero-order valence-electron chi connectivity index (χ0n) is 19.9. The van der Waals surface area contributed by atoms with Crippen LogP contribution >= 0.6 is 0 Å². The Labute approximate surface area is 213 Å². The molecule has 0 aliphatic carbocycles. The Morgan fingerprint density at radius 2 is 1.27 bits per heavy atom. The molecule has 5 nitrogen and oxygen atoms in total. The van der Waals surface area contributed by atoms with Crippen LogP contribution in [-0.2, 0) is 0 Å². The molecule has 176 valence electrons. The van der Waals surface area contributed by atoms with Crippen LogP contribution in [0, 0.1) is 0 Å². The van der Waals surface area contributed by atoms with Crippen molar-refractivity contribution in [3.8, 4) is 22.8 Å². The van der Waals surface area contributed by atoms with Gasteiger partial charge in [-0.25, -0.2) is 4.98 Å². The van der Waals surface area contributed by atoms with Crippen LogP contribution in [0.1, 0.15) is 0 Å². The lowest BCUT2D eigenvalue weighted by atomic mass is 9.79. The highest BCUT2D eigenvalue weighted by Gasteiger charge is 2.19. The van der Waals surface area contributed by atoms with Crippen LogP contribution in [0.15, 0.2) is 121 Å². The lowest BCUT2D eigenvalue weighted by Crippen LogP contribution is -2.29. The minimum Gasteiger partial charge on any atom is -0.423 e. The summed E-state index contributed by atoms with van der Waals surface area (Å²) in [6.07, 6.45) is 0. The van der Waals surface area contributed by atoms with Gasteiger partial charge in [0.2, 0.25) is 0 Å². The molecule has 0 fully saturated rings. The molecular weight excluding hydrogens is 457 g/mol. The molecule has 5 aromatic carbocycles. The van der Waals surface area contributed by atoms with Crippen molar-refractivity contribution in [1.29, 1.82) is 0 Å². The first-order chi connectivity index (χ1) is 18.2. The molecule has 0 radical (unpaired) electrons. The summed E-state index contributed by atoms with van der Waals surface area (Å²) in [5.41, 5.74) is 7.49. The molecule has 2 N–H and O–H groups in total. The fourth-order valence-electron chi connectivity index (χ4n) is 5.27. The maximum atomic E-state index is 9.76. The second kappa shape index (κ2) is 8.48. The Morgan fingerprint density at radius 1 is 0.541 bits per heavy atom. The fourth-order valence-corrected chi connectivity index (χ4v) is 5.27. The zero-order valence-corrected chi connectivity index (χ0v) is 19.9. The van der Waals surface area contributed by atoms with E-state index in [-0.39, 0.29) is 0 Å². The predicted molar refractivity (Wildman–Crippen MR) is 151 cm³/mol. The number of imidazole rings is 1. The molecule has 0 saturated carbocycles.